The molecule has 0 saturated carbocycles. The molecule has 0 aliphatic heterocycles. The number of hydrogen-bond acceptors (Lipinski definition) is 3. The van der Waals surface area contributed by atoms with Crippen LogP contribution >= 0.6 is 15.9 Å². The molecule has 0 heterocycles. The van der Waals surface area contributed by atoms with E-state index in [9.17, 15) is 0 Å². The van der Waals surface area contributed by atoms with Crippen LogP contribution in [-0.2, 0) is 6.54 Å². The molecule has 90 valence electrons. The average molecular weight is 288 g/mol. The second kappa shape index (κ2) is 6.89. The van der Waals surface area contributed by atoms with E-state index in [1.165, 1.54) is 0 Å². The second-order valence-corrected chi connectivity index (χ2v) is 4.48. The molecule has 0 unspecified atom stereocenters. The lowest BCUT2D eigenvalue weighted by Gasteiger charge is -2.15. The quantitative estimate of drug-likeness (QED) is 0.844. The standard InChI is InChI=1S/C12H18BrNO2/c1-3-10(8-15)14-7-9-6-11(16-2)4-5-12(9)13/h4-6,10,14-15H,3,7-8H2,1-2H3/t10-/m1/s1. The molecule has 0 saturated heterocycles. The number of nitrogens with one attached hydrogen (secondary N) is 1. The van der Waals surface area contributed by atoms with E-state index in [0.717, 1.165) is 28.8 Å². The zero-order chi connectivity index (χ0) is 12.0. The summed E-state index contributed by atoms with van der Waals surface area (Å²) in [5.74, 6) is 0.844. The van der Waals surface area contributed by atoms with Gasteiger partial charge in [-0.25, -0.2) is 0 Å². The van der Waals surface area contributed by atoms with Gasteiger partial charge in [-0.05, 0) is 30.2 Å². The van der Waals surface area contributed by atoms with Gasteiger partial charge in [0.15, 0.2) is 0 Å². The molecule has 0 spiro atoms. The summed E-state index contributed by atoms with van der Waals surface area (Å²) in [4.78, 5) is 0. The molecule has 0 radical (unpaired) electrons. The van der Waals surface area contributed by atoms with Gasteiger partial charge < -0.3 is 15.2 Å². The Balaban J connectivity index is 2.65. The number of ether oxygens (including phenoxy) is 1. The molecular formula is C12H18BrNO2. The predicted molar refractivity (Wildman–Crippen MR) is 68.7 cm³/mol. The van der Waals surface area contributed by atoms with E-state index in [1.807, 2.05) is 18.2 Å². The molecule has 0 bridgehead atoms. The zero-order valence-corrected chi connectivity index (χ0v) is 11.3. The van der Waals surface area contributed by atoms with Crippen LogP contribution < -0.4 is 10.1 Å². The van der Waals surface area contributed by atoms with Gasteiger partial charge in [0.05, 0.1) is 13.7 Å². The summed E-state index contributed by atoms with van der Waals surface area (Å²) in [6, 6.07) is 6.02. The van der Waals surface area contributed by atoms with Crippen molar-refractivity contribution in [2.45, 2.75) is 25.9 Å². The molecular weight excluding hydrogens is 270 g/mol. The maximum absolute atomic E-state index is 9.08. The van der Waals surface area contributed by atoms with Gasteiger partial charge in [0.1, 0.15) is 5.75 Å². The van der Waals surface area contributed by atoms with E-state index in [4.69, 9.17) is 9.84 Å². The van der Waals surface area contributed by atoms with E-state index in [-0.39, 0.29) is 12.6 Å². The fourth-order valence-electron chi connectivity index (χ4n) is 1.41. The van der Waals surface area contributed by atoms with Crippen LogP contribution in [0.25, 0.3) is 0 Å². The SMILES string of the molecule is CC[C@H](CO)NCc1cc(OC)ccc1Br. The summed E-state index contributed by atoms with van der Waals surface area (Å²) in [7, 11) is 1.66. The smallest absolute Gasteiger partial charge is 0.119 e. The summed E-state index contributed by atoms with van der Waals surface area (Å²) in [5, 5.41) is 12.4. The van der Waals surface area contributed by atoms with Crippen LogP contribution in [0.1, 0.15) is 18.9 Å². The molecule has 0 aromatic heterocycles. The van der Waals surface area contributed by atoms with E-state index in [1.54, 1.807) is 7.11 Å². The van der Waals surface area contributed by atoms with E-state index in [0.29, 0.717) is 0 Å². The van der Waals surface area contributed by atoms with Crippen LogP contribution in [0.2, 0.25) is 0 Å². The van der Waals surface area contributed by atoms with Crippen molar-refractivity contribution >= 4 is 15.9 Å². The fourth-order valence-corrected chi connectivity index (χ4v) is 1.79. The Labute approximate surface area is 105 Å². The van der Waals surface area contributed by atoms with Crippen LogP contribution in [0.4, 0.5) is 0 Å². The van der Waals surface area contributed by atoms with Gasteiger partial charge in [-0.3, -0.25) is 0 Å². The Morgan fingerprint density at radius 3 is 2.81 bits per heavy atom. The van der Waals surface area contributed by atoms with E-state index in [2.05, 4.69) is 28.2 Å². The van der Waals surface area contributed by atoms with Crippen molar-refractivity contribution in [1.29, 1.82) is 0 Å². The minimum atomic E-state index is 0.151. The van der Waals surface area contributed by atoms with Gasteiger partial charge in [-0.2, -0.15) is 0 Å². The predicted octanol–water partition coefficient (Wildman–Crippen LogP) is 2.32. The molecule has 1 aromatic rings. The number of rotatable bonds is 6. The molecule has 1 rings (SSSR count). The monoisotopic (exact) mass is 287 g/mol. The lowest BCUT2D eigenvalue weighted by Crippen LogP contribution is -2.31. The summed E-state index contributed by atoms with van der Waals surface area (Å²) in [5.41, 5.74) is 1.13. The van der Waals surface area contributed by atoms with Gasteiger partial charge in [0, 0.05) is 17.1 Å². The van der Waals surface area contributed by atoms with Crippen LogP contribution in [-0.4, -0.2) is 24.9 Å². The lowest BCUT2D eigenvalue weighted by molar-refractivity contribution is 0.238. The first-order chi connectivity index (χ1) is 7.71. The van der Waals surface area contributed by atoms with Crippen molar-refractivity contribution in [3.05, 3.63) is 28.2 Å². The maximum atomic E-state index is 9.08. The van der Waals surface area contributed by atoms with Gasteiger partial charge in [0.25, 0.3) is 0 Å². The number of hydrogen-bond donors (Lipinski definition) is 2. The highest BCUT2D eigenvalue weighted by Gasteiger charge is 2.06. The molecule has 0 aliphatic rings. The van der Waals surface area contributed by atoms with Crippen molar-refractivity contribution in [1.82, 2.24) is 5.32 Å². The Morgan fingerprint density at radius 2 is 2.25 bits per heavy atom. The Hall–Kier alpha value is -0.580. The van der Waals surface area contributed by atoms with Crippen molar-refractivity contribution < 1.29 is 9.84 Å². The van der Waals surface area contributed by atoms with Crippen molar-refractivity contribution in [3.8, 4) is 5.75 Å². The average Bonchev–Trinajstić information content (AvgIpc) is 2.32. The largest absolute Gasteiger partial charge is 0.497 e. The summed E-state index contributed by atoms with van der Waals surface area (Å²) < 4.78 is 6.22. The summed E-state index contributed by atoms with van der Waals surface area (Å²) in [6.07, 6.45) is 0.915. The Morgan fingerprint density at radius 1 is 1.50 bits per heavy atom. The van der Waals surface area contributed by atoms with Gasteiger partial charge in [-0.15, -0.1) is 0 Å². The first kappa shape index (κ1) is 13.5. The number of methoxy groups -OCH3 is 1. The molecule has 0 aliphatic carbocycles. The van der Waals surface area contributed by atoms with Crippen LogP contribution in [0.3, 0.4) is 0 Å². The zero-order valence-electron chi connectivity index (χ0n) is 9.66. The minimum absolute atomic E-state index is 0.151. The molecule has 4 heteroatoms. The lowest BCUT2D eigenvalue weighted by atomic mass is 10.2. The van der Waals surface area contributed by atoms with E-state index >= 15 is 0 Å². The number of aliphatic hydroxyl groups excluding tert-OH is 1. The van der Waals surface area contributed by atoms with E-state index < -0.39 is 0 Å². The van der Waals surface area contributed by atoms with Crippen molar-refractivity contribution in [2.75, 3.05) is 13.7 Å². The number of halogens is 1. The molecule has 16 heavy (non-hydrogen) atoms. The third kappa shape index (κ3) is 3.77. The van der Waals surface area contributed by atoms with Crippen LogP contribution in [0, 0.1) is 0 Å². The number of benzene rings is 1. The molecule has 2 N–H and O–H groups in total. The Kier molecular flexibility index (Phi) is 5.80. The summed E-state index contributed by atoms with van der Waals surface area (Å²) in [6.45, 7) is 2.93. The minimum Gasteiger partial charge on any atom is -0.497 e. The molecule has 0 amide bonds. The number of aliphatic hydroxyl groups is 1. The first-order valence-corrected chi connectivity index (χ1v) is 6.17. The topological polar surface area (TPSA) is 41.5 Å². The van der Waals surface area contributed by atoms with Crippen LogP contribution in [0.5, 0.6) is 5.75 Å². The molecule has 3 nitrogen and oxygen atoms in total. The van der Waals surface area contributed by atoms with Gasteiger partial charge in [0.2, 0.25) is 0 Å². The first-order valence-electron chi connectivity index (χ1n) is 5.38. The third-order valence-electron chi connectivity index (χ3n) is 2.55. The fraction of sp³-hybridized carbons (Fsp3) is 0.500. The molecule has 1 aromatic carbocycles. The highest BCUT2D eigenvalue weighted by molar-refractivity contribution is 9.10. The maximum Gasteiger partial charge on any atom is 0.119 e. The van der Waals surface area contributed by atoms with Crippen molar-refractivity contribution in [2.24, 2.45) is 0 Å². The third-order valence-corrected chi connectivity index (χ3v) is 3.32. The Bertz CT molecular complexity index is 327. The normalized spacial score (nSPS) is 12.5. The highest BCUT2D eigenvalue weighted by atomic mass is 79.9. The molecule has 1 atom stereocenters. The van der Waals surface area contributed by atoms with Gasteiger partial charge >= 0.3 is 0 Å². The second-order valence-electron chi connectivity index (χ2n) is 3.63. The highest BCUT2D eigenvalue weighted by Crippen LogP contribution is 2.22. The van der Waals surface area contributed by atoms with Crippen LogP contribution in [0.15, 0.2) is 22.7 Å². The summed E-state index contributed by atoms with van der Waals surface area (Å²) >= 11 is 3.50. The molecule has 0 fully saturated rings. The van der Waals surface area contributed by atoms with Crippen molar-refractivity contribution in [3.63, 3.8) is 0 Å². The van der Waals surface area contributed by atoms with Gasteiger partial charge in [-0.1, -0.05) is 22.9 Å².